The minimum absolute atomic E-state index is 0.0356. The summed E-state index contributed by atoms with van der Waals surface area (Å²) in [5, 5.41) is 23.0. The molecule has 0 heterocycles. The van der Waals surface area contributed by atoms with Crippen LogP contribution in [-0.2, 0) is 16.1 Å². The quantitative estimate of drug-likeness (QED) is 0.381. The van der Waals surface area contributed by atoms with Gasteiger partial charge >= 0.3 is 5.97 Å². The van der Waals surface area contributed by atoms with E-state index in [0.29, 0.717) is 12.2 Å². The Labute approximate surface area is 161 Å². The molecule has 2 aromatic carbocycles. The largest absolute Gasteiger partial charge is 0.506 e. The first-order valence-electron chi connectivity index (χ1n) is 7.92. The Morgan fingerprint density at radius 2 is 1.81 bits per heavy atom. The third kappa shape index (κ3) is 4.42. The van der Waals surface area contributed by atoms with Crippen LogP contribution >= 0.6 is 23.2 Å². The van der Waals surface area contributed by atoms with E-state index in [9.17, 15) is 15.0 Å². The second-order valence-electron chi connectivity index (χ2n) is 5.48. The summed E-state index contributed by atoms with van der Waals surface area (Å²) in [5.74, 6) is -1.40. The lowest BCUT2D eigenvalue weighted by Gasteiger charge is -2.16. The first kappa shape index (κ1) is 19.9. The van der Waals surface area contributed by atoms with Crippen LogP contribution < -0.4 is 5.32 Å². The number of hydrogen-bond donors (Lipinski definition) is 3. The normalized spacial score (nSPS) is 11.7. The zero-order valence-corrected chi connectivity index (χ0v) is 15.9. The van der Waals surface area contributed by atoms with Crippen LogP contribution in [0.3, 0.4) is 0 Å². The molecule has 3 N–H and O–H groups in total. The Balaban J connectivity index is 2.48. The number of rotatable bonds is 6. The summed E-state index contributed by atoms with van der Waals surface area (Å²) >= 11 is 11.8. The third-order valence-electron chi connectivity index (χ3n) is 3.69. The van der Waals surface area contributed by atoms with Crippen LogP contribution in [-0.4, -0.2) is 22.8 Å². The highest BCUT2D eigenvalue weighted by molar-refractivity contribution is 6.44. The molecule has 0 amide bonds. The van der Waals surface area contributed by atoms with Crippen molar-refractivity contribution in [3.8, 4) is 11.5 Å². The van der Waals surface area contributed by atoms with Gasteiger partial charge in [0.15, 0.2) is 0 Å². The van der Waals surface area contributed by atoms with Crippen LogP contribution in [0.1, 0.15) is 25.0 Å². The Morgan fingerprint density at radius 3 is 2.42 bits per heavy atom. The minimum atomic E-state index is -0.654. The van der Waals surface area contributed by atoms with Crippen molar-refractivity contribution in [2.45, 2.75) is 20.4 Å². The maximum Gasteiger partial charge on any atom is 0.340 e. The molecule has 2 rings (SSSR count). The van der Waals surface area contributed by atoms with Gasteiger partial charge in [-0.15, -0.1) is 0 Å². The number of esters is 1. The molecule has 26 heavy (non-hydrogen) atoms. The number of halogens is 2. The van der Waals surface area contributed by atoms with E-state index in [1.165, 1.54) is 6.07 Å². The van der Waals surface area contributed by atoms with Crippen LogP contribution in [0.4, 0.5) is 0 Å². The molecule has 0 atom stereocenters. The zero-order valence-electron chi connectivity index (χ0n) is 14.3. The molecule has 0 unspecified atom stereocenters. The predicted molar refractivity (Wildman–Crippen MR) is 102 cm³/mol. The van der Waals surface area contributed by atoms with Gasteiger partial charge in [-0.25, -0.2) is 4.79 Å². The first-order chi connectivity index (χ1) is 12.4. The van der Waals surface area contributed by atoms with Crippen molar-refractivity contribution in [2.75, 3.05) is 6.61 Å². The van der Waals surface area contributed by atoms with E-state index >= 15 is 0 Å². The lowest BCUT2D eigenvalue weighted by molar-refractivity contribution is -0.136. The Morgan fingerprint density at radius 1 is 1.15 bits per heavy atom. The van der Waals surface area contributed by atoms with Crippen LogP contribution in [0.15, 0.2) is 42.1 Å². The number of ether oxygens (including phenoxy) is 1. The molecule has 0 radical (unpaired) electrons. The number of nitrogens with one attached hydrogen (secondary N) is 1. The number of hydrogen-bond acceptors (Lipinski definition) is 5. The van der Waals surface area contributed by atoms with Gasteiger partial charge in [-0.1, -0.05) is 53.5 Å². The van der Waals surface area contributed by atoms with E-state index in [2.05, 4.69) is 5.32 Å². The van der Waals surface area contributed by atoms with Gasteiger partial charge in [-0.05, 0) is 25.5 Å². The third-order valence-corrected chi connectivity index (χ3v) is 4.53. The lowest BCUT2D eigenvalue weighted by atomic mass is 10.0. The highest BCUT2D eigenvalue weighted by atomic mass is 35.5. The number of carbonyl (C=O) groups is 1. The van der Waals surface area contributed by atoms with E-state index in [1.54, 1.807) is 13.8 Å². The summed E-state index contributed by atoms with van der Waals surface area (Å²) in [6.07, 6.45) is 0. The summed E-state index contributed by atoms with van der Waals surface area (Å²) in [6, 6.07) is 10.8. The molecule has 0 aliphatic heterocycles. The highest BCUT2D eigenvalue weighted by Crippen LogP contribution is 2.43. The number of benzene rings is 2. The molecular weight excluding hydrogens is 377 g/mol. The van der Waals surface area contributed by atoms with Crippen molar-refractivity contribution in [3.63, 3.8) is 0 Å². The van der Waals surface area contributed by atoms with E-state index in [-0.39, 0.29) is 33.5 Å². The molecule has 0 saturated carbocycles. The average molecular weight is 396 g/mol. The molecule has 5 nitrogen and oxygen atoms in total. The molecule has 0 spiro atoms. The van der Waals surface area contributed by atoms with Gasteiger partial charge in [0, 0.05) is 17.8 Å². The van der Waals surface area contributed by atoms with E-state index in [4.69, 9.17) is 27.9 Å². The highest BCUT2D eigenvalue weighted by Gasteiger charge is 2.24. The molecule has 0 saturated heterocycles. The maximum atomic E-state index is 12.5. The van der Waals surface area contributed by atoms with E-state index < -0.39 is 11.7 Å². The fourth-order valence-corrected chi connectivity index (χ4v) is 2.72. The molecule has 0 aliphatic rings. The SMILES string of the molecule is CCOC(=O)C(=C(C)NCc1ccccc1)c1cc(O)c(Cl)c(Cl)c1O. The molecule has 0 bridgehead atoms. The number of phenols is 2. The van der Waals surface area contributed by atoms with Gasteiger partial charge in [0.2, 0.25) is 0 Å². The topological polar surface area (TPSA) is 78.8 Å². The molecule has 7 heteroatoms. The Hall–Kier alpha value is -2.37. The molecule has 0 aliphatic carbocycles. The van der Waals surface area contributed by atoms with Gasteiger partial charge in [0.25, 0.3) is 0 Å². The number of allylic oxidation sites excluding steroid dienone is 1. The second-order valence-corrected chi connectivity index (χ2v) is 6.24. The van der Waals surface area contributed by atoms with Gasteiger partial charge in [0.05, 0.1) is 12.2 Å². The van der Waals surface area contributed by atoms with Crippen molar-refractivity contribution in [3.05, 3.63) is 63.3 Å². The van der Waals surface area contributed by atoms with E-state index in [0.717, 1.165) is 5.56 Å². The van der Waals surface area contributed by atoms with Crippen molar-refractivity contribution in [1.82, 2.24) is 5.32 Å². The van der Waals surface area contributed by atoms with Gasteiger partial charge in [-0.2, -0.15) is 0 Å². The van der Waals surface area contributed by atoms with Gasteiger partial charge < -0.3 is 20.3 Å². The molecule has 138 valence electrons. The van der Waals surface area contributed by atoms with Gasteiger partial charge in [0.1, 0.15) is 21.5 Å². The summed E-state index contributed by atoms with van der Waals surface area (Å²) in [7, 11) is 0. The lowest BCUT2D eigenvalue weighted by Crippen LogP contribution is -2.17. The van der Waals surface area contributed by atoms with Crippen LogP contribution in [0.25, 0.3) is 5.57 Å². The molecule has 0 fully saturated rings. The first-order valence-corrected chi connectivity index (χ1v) is 8.68. The fraction of sp³-hybridized carbons (Fsp3) is 0.211. The summed E-state index contributed by atoms with van der Waals surface area (Å²) in [4.78, 5) is 12.5. The minimum Gasteiger partial charge on any atom is -0.506 e. The molecule has 0 aromatic heterocycles. The summed E-state index contributed by atoms with van der Waals surface area (Å²) in [6.45, 7) is 3.97. The standard InChI is InChI=1S/C19H19Cl2NO4/c1-3-26-19(25)15(11(2)22-10-12-7-5-4-6-8-12)13-9-14(23)16(20)17(21)18(13)24/h4-9,22-24H,3,10H2,1-2H3. The van der Waals surface area contributed by atoms with Crippen molar-refractivity contribution < 1.29 is 19.7 Å². The second kappa shape index (κ2) is 8.83. The zero-order chi connectivity index (χ0) is 19.3. The van der Waals surface area contributed by atoms with Crippen molar-refractivity contribution >= 4 is 34.7 Å². The number of aromatic hydroxyl groups is 2. The Kier molecular flexibility index (Phi) is 6.77. The van der Waals surface area contributed by atoms with Crippen LogP contribution in [0.5, 0.6) is 11.5 Å². The smallest absolute Gasteiger partial charge is 0.340 e. The predicted octanol–water partition coefficient (Wildman–Crippen LogP) is 4.49. The van der Waals surface area contributed by atoms with Crippen molar-refractivity contribution in [1.29, 1.82) is 0 Å². The summed E-state index contributed by atoms with van der Waals surface area (Å²) in [5.41, 5.74) is 1.57. The monoisotopic (exact) mass is 395 g/mol. The van der Waals surface area contributed by atoms with Crippen molar-refractivity contribution in [2.24, 2.45) is 0 Å². The molecular formula is C19H19Cl2NO4. The summed E-state index contributed by atoms with van der Waals surface area (Å²) < 4.78 is 5.09. The number of phenolic OH excluding ortho intramolecular Hbond substituents is 2. The number of carbonyl (C=O) groups excluding carboxylic acids is 1. The maximum absolute atomic E-state index is 12.5. The Bertz CT molecular complexity index is 835. The van der Waals surface area contributed by atoms with E-state index in [1.807, 2.05) is 30.3 Å². The fourth-order valence-electron chi connectivity index (χ4n) is 2.38. The van der Waals surface area contributed by atoms with Crippen LogP contribution in [0.2, 0.25) is 10.0 Å². The van der Waals surface area contributed by atoms with Gasteiger partial charge in [-0.3, -0.25) is 0 Å². The van der Waals surface area contributed by atoms with Crippen LogP contribution in [0, 0.1) is 0 Å². The molecule has 2 aromatic rings. The average Bonchev–Trinajstić information content (AvgIpc) is 2.63.